The highest BCUT2D eigenvalue weighted by atomic mass is 32.1. The number of thiazole rings is 1. The zero-order chi connectivity index (χ0) is 16.4. The van der Waals surface area contributed by atoms with Gasteiger partial charge in [-0.1, -0.05) is 18.2 Å². The third-order valence-electron chi connectivity index (χ3n) is 4.03. The topological polar surface area (TPSA) is 38.2 Å². The number of aromatic nitrogens is 2. The number of para-hydroxylation sites is 1. The summed E-state index contributed by atoms with van der Waals surface area (Å²) in [7, 11) is 3.80. The molecule has 0 amide bonds. The second kappa shape index (κ2) is 6.64. The van der Waals surface area contributed by atoms with Crippen molar-refractivity contribution in [3.05, 3.63) is 52.1 Å². The Morgan fingerprint density at radius 1 is 1.30 bits per heavy atom. The van der Waals surface area contributed by atoms with E-state index in [1.807, 2.05) is 13.1 Å². The average molecular weight is 327 g/mol. The Bertz CT molecular complexity index is 815. The van der Waals surface area contributed by atoms with Gasteiger partial charge in [-0.15, -0.1) is 11.3 Å². The monoisotopic (exact) mass is 327 g/mol. The third kappa shape index (κ3) is 3.21. The third-order valence-corrected chi connectivity index (χ3v) is 5.09. The fraction of sp³-hybridized carbons (Fsp3) is 0.333. The second-order valence-corrected chi connectivity index (χ2v) is 6.60. The molecule has 3 aromatic rings. The highest BCUT2D eigenvalue weighted by Gasteiger charge is 2.13. The molecular weight excluding hydrogens is 306 g/mol. The highest BCUT2D eigenvalue weighted by Crippen LogP contribution is 2.28. The van der Waals surface area contributed by atoms with Crippen molar-refractivity contribution in [2.45, 2.75) is 26.5 Å². The molecule has 0 aliphatic carbocycles. The molecule has 4 nitrogen and oxygen atoms in total. The number of fused-ring (bicyclic) bond motifs is 1. The number of nitrogens with zero attached hydrogens (tertiary/aromatic N) is 3. The maximum atomic E-state index is 5.34. The van der Waals surface area contributed by atoms with Crippen LogP contribution in [0.1, 0.15) is 29.3 Å². The van der Waals surface area contributed by atoms with E-state index in [4.69, 9.17) is 4.74 Å². The average Bonchev–Trinajstić information content (AvgIpc) is 3.02. The summed E-state index contributed by atoms with van der Waals surface area (Å²) in [4.78, 5) is 11.4. The first-order valence-electron chi connectivity index (χ1n) is 7.62. The molecule has 120 valence electrons. The molecule has 0 aliphatic rings. The molecule has 0 fully saturated rings. The molecule has 1 atom stereocenters. The minimum Gasteiger partial charge on any atom is -0.375 e. The maximum Gasteiger partial charge on any atom is 0.122 e. The quantitative estimate of drug-likeness (QED) is 0.698. The van der Waals surface area contributed by atoms with Crippen LogP contribution in [0.5, 0.6) is 0 Å². The number of aryl methyl sites for hydroxylation is 1. The molecule has 0 saturated heterocycles. The maximum absolute atomic E-state index is 5.34. The Labute approximate surface area is 140 Å². The number of ether oxygens (including phenoxy) is 1. The number of methoxy groups -OCH3 is 1. The van der Waals surface area contributed by atoms with Crippen molar-refractivity contribution in [2.24, 2.45) is 0 Å². The SMILES string of the molecule is COC(C)c1nc(CN(C)c2ccnc3c(C)cccc23)cs1. The molecule has 0 saturated carbocycles. The summed E-state index contributed by atoms with van der Waals surface area (Å²) in [5.41, 5.74) is 4.49. The summed E-state index contributed by atoms with van der Waals surface area (Å²) < 4.78 is 5.34. The van der Waals surface area contributed by atoms with Crippen molar-refractivity contribution >= 4 is 27.9 Å². The smallest absolute Gasteiger partial charge is 0.122 e. The lowest BCUT2D eigenvalue weighted by molar-refractivity contribution is 0.119. The van der Waals surface area contributed by atoms with Gasteiger partial charge in [0.1, 0.15) is 11.1 Å². The van der Waals surface area contributed by atoms with E-state index in [1.54, 1.807) is 18.4 Å². The Balaban J connectivity index is 1.88. The van der Waals surface area contributed by atoms with Crippen molar-refractivity contribution in [2.75, 3.05) is 19.1 Å². The van der Waals surface area contributed by atoms with Gasteiger partial charge in [-0.05, 0) is 25.5 Å². The fourth-order valence-electron chi connectivity index (χ4n) is 2.65. The lowest BCUT2D eigenvalue weighted by atomic mass is 10.1. The predicted molar refractivity (Wildman–Crippen MR) is 96.1 cm³/mol. The van der Waals surface area contributed by atoms with Crippen LogP contribution in [0.15, 0.2) is 35.8 Å². The van der Waals surface area contributed by atoms with Crippen molar-refractivity contribution in [1.82, 2.24) is 9.97 Å². The zero-order valence-corrected chi connectivity index (χ0v) is 14.7. The fourth-order valence-corrected chi connectivity index (χ4v) is 3.49. The summed E-state index contributed by atoms with van der Waals surface area (Å²) in [6.07, 6.45) is 1.92. The predicted octanol–water partition coefficient (Wildman–Crippen LogP) is 4.34. The summed E-state index contributed by atoms with van der Waals surface area (Å²) in [5, 5.41) is 4.30. The Kier molecular flexibility index (Phi) is 4.59. The van der Waals surface area contributed by atoms with Gasteiger partial charge in [0, 0.05) is 36.8 Å². The highest BCUT2D eigenvalue weighted by molar-refractivity contribution is 7.09. The molecule has 1 aromatic carbocycles. The first-order chi connectivity index (χ1) is 11.1. The summed E-state index contributed by atoms with van der Waals surface area (Å²) in [5.74, 6) is 0. The van der Waals surface area contributed by atoms with Crippen LogP contribution in [0.25, 0.3) is 10.9 Å². The standard InChI is InChI=1S/C18H21N3OS/c1-12-6-5-7-15-16(8-9-19-17(12)15)21(3)10-14-11-23-18(20-14)13(2)22-4/h5-9,11,13H,10H2,1-4H3. The number of anilines is 1. The number of hydrogen-bond donors (Lipinski definition) is 0. The number of rotatable bonds is 5. The van der Waals surface area contributed by atoms with Crippen molar-refractivity contribution in [1.29, 1.82) is 0 Å². The van der Waals surface area contributed by atoms with Gasteiger partial charge in [0.15, 0.2) is 0 Å². The normalized spacial score (nSPS) is 12.5. The van der Waals surface area contributed by atoms with Crippen molar-refractivity contribution in [3.63, 3.8) is 0 Å². The van der Waals surface area contributed by atoms with Crippen molar-refractivity contribution in [3.8, 4) is 0 Å². The molecule has 0 bridgehead atoms. The van der Waals surface area contributed by atoms with Crippen LogP contribution in [0, 0.1) is 6.92 Å². The van der Waals surface area contributed by atoms with Gasteiger partial charge < -0.3 is 9.64 Å². The molecular formula is C18H21N3OS. The van der Waals surface area contributed by atoms with Crippen LogP contribution in [0.4, 0.5) is 5.69 Å². The Morgan fingerprint density at radius 3 is 2.91 bits per heavy atom. The van der Waals surface area contributed by atoms with Crippen molar-refractivity contribution < 1.29 is 4.74 Å². The number of hydrogen-bond acceptors (Lipinski definition) is 5. The van der Waals surface area contributed by atoms with Gasteiger partial charge in [0.05, 0.1) is 17.8 Å². The van der Waals surface area contributed by atoms with E-state index in [0.29, 0.717) is 0 Å². The van der Waals surface area contributed by atoms with E-state index >= 15 is 0 Å². The molecule has 0 radical (unpaired) electrons. The lowest BCUT2D eigenvalue weighted by Gasteiger charge is -2.20. The number of benzene rings is 1. The Morgan fingerprint density at radius 2 is 2.13 bits per heavy atom. The molecule has 2 aromatic heterocycles. The molecule has 0 N–H and O–H groups in total. The molecule has 5 heteroatoms. The molecule has 23 heavy (non-hydrogen) atoms. The van der Waals surface area contributed by atoms with E-state index < -0.39 is 0 Å². The van der Waals surface area contributed by atoms with E-state index in [2.05, 4.69) is 58.5 Å². The molecule has 1 unspecified atom stereocenters. The summed E-state index contributed by atoms with van der Waals surface area (Å²) in [6.45, 7) is 4.88. The van der Waals surface area contributed by atoms with Gasteiger partial charge in [0.25, 0.3) is 0 Å². The zero-order valence-electron chi connectivity index (χ0n) is 13.9. The van der Waals surface area contributed by atoms with Gasteiger partial charge in [0.2, 0.25) is 0 Å². The Hall–Kier alpha value is -1.98. The van der Waals surface area contributed by atoms with Crippen LogP contribution >= 0.6 is 11.3 Å². The van der Waals surface area contributed by atoms with Crippen LogP contribution in [0.3, 0.4) is 0 Å². The molecule has 0 spiro atoms. The first kappa shape index (κ1) is 15.9. The minimum atomic E-state index is 0.0449. The summed E-state index contributed by atoms with van der Waals surface area (Å²) in [6, 6.07) is 8.36. The van der Waals surface area contributed by atoms with Crippen LogP contribution in [-0.2, 0) is 11.3 Å². The first-order valence-corrected chi connectivity index (χ1v) is 8.50. The van der Waals surface area contributed by atoms with E-state index in [0.717, 1.165) is 22.8 Å². The van der Waals surface area contributed by atoms with Gasteiger partial charge in [-0.3, -0.25) is 4.98 Å². The summed E-state index contributed by atoms with van der Waals surface area (Å²) >= 11 is 1.65. The van der Waals surface area contributed by atoms with Gasteiger partial charge in [-0.25, -0.2) is 4.98 Å². The molecule has 0 aliphatic heterocycles. The minimum absolute atomic E-state index is 0.0449. The van der Waals surface area contributed by atoms with Gasteiger partial charge >= 0.3 is 0 Å². The molecule has 3 rings (SSSR count). The number of pyridine rings is 1. The van der Waals surface area contributed by atoms with Crippen LogP contribution < -0.4 is 4.90 Å². The molecule has 2 heterocycles. The van der Waals surface area contributed by atoms with E-state index in [1.165, 1.54) is 16.6 Å². The van der Waals surface area contributed by atoms with E-state index in [9.17, 15) is 0 Å². The van der Waals surface area contributed by atoms with Crippen LogP contribution in [0.2, 0.25) is 0 Å². The second-order valence-electron chi connectivity index (χ2n) is 5.71. The lowest BCUT2D eigenvalue weighted by Crippen LogP contribution is -2.17. The largest absolute Gasteiger partial charge is 0.375 e. The van der Waals surface area contributed by atoms with Crippen LogP contribution in [-0.4, -0.2) is 24.1 Å². The van der Waals surface area contributed by atoms with Gasteiger partial charge in [-0.2, -0.15) is 0 Å². The van der Waals surface area contributed by atoms with E-state index in [-0.39, 0.29) is 6.10 Å².